The van der Waals surface area contributed by atoms with Crippen LogP contribution in [-0.2, 0) is 14.3 Å². The number of carbonyl (C=O) groups is 2. The first-order chi connectivity index (χ1) is 6.40. The van der Waals surface area contributed by atoms with Gasteiger partial charge in [0.25, 0.3) is 0 Å². The zero-order chi connectivity index (χ0) is 11.2. The Bertz CT molecular complexity index is 232. The molecule has 0 saturated heterocycles. The number of likely N-dealkylation sites (N-methyl/N-ethyl adjacent to an activating group) is 1. The van der Waals surface area contributed by atoms with Crippen LogP contribution in [0, 0.1) is 0 Å². The minimum atomic E-state index is -0.493. The summed E-state index contributed by atoms with van der Waals surface area (Å²) in [6.45, 7) is 4.22. The van der Waals surface area contributed by atoms with Crippen LogP contribution < -0.4 is 0 Å². The van der Waals surface area contributed by atoms with Crippen molar-refractivity contribution in [2.45, 2.75) is 19.4 Å². The predicted octanol–water partition coefficient (Wildman–Crippen LogP) is 0.625. The van der Waals surface area contributed by atoms with Crippen LogP contribution in [0.15, 0.2) is 12.2 Å². The van der Waals surface area contributed by atoms with Crippen molar-refractivity contribution in [1.29, 1.82) is 0 Å². The molecule has 4 heteroatoms. The van der Waals surface area contributed by atoms with Crippen LogP contribution in [0.2, 0.25) is 0 Å². The Morgan fingerprint density at radius 2 is 2.00 bits per heavy atom. The highest BCUT2D eigenvalue weighted by Gasteiger charge is 2.21. The highest BCUT2D eigenvalue weighted by Crippen LogP contribution is 2.09. The number of aldehydes is 1. The molecule has 0 aromatic heterocycles. The van der Waals surface area contributed by atoms with E-state index in [9.17, 15) is 9.59 Å². The average Bonchev–Trinajstić information content (AvgIpc) is 2.11. The molecule has 0 aliphatic rings. The maximum atomic E-state index is 11.0. The smallest absolute Gasteiger partial charge is 0.330 e. The lowest BCUT2D eigenvalue weighted by Crippen LogP contribution is -2.42. The van der Waals surface area contributed by atoms with E-state index in [4.69, 9.17) is 4.74 Å². The summed E-state index contributed by atoms with van der Waals surface area (Å²) in [5, 5.41) is 0. The van der Waals surface area contributed by atoms with Gasteiger partial charge in [0.1, 0.15) is 12.9 Å². The standard InChI is InChI=1S/C10H17NO3/c1-10(2,11(3)4)8-14-9(13)6-5-7-12/h5-7H,8H2,1-4H3/b6-5+. The van der Waals surface area contributed by atoms with Gasteiger partial charge in [0, 0.05) is 11.6 Å². The van der Waals surface area contributed by atoms with Crippen molar-refractivity contribution in [1.82, 2.24) is 4.90 Å². The summed E-state index contributed by atoms with van der Waals surface area (Å²) in [6, 6.07) is 0. The SMILES string of the molecule is CN(C)C(C)(C)COC(=O)/C=C/C=O. The Balaban J connectivity index is 3.99. The molecule has 0 aromatic rings. The van der Waals surface area contributed by atoms with Crippen molar-refractivity contribution in [2.24, 2.45) is 0 Å². The molecule has 0 fully saturated rings. The largest absolute Gasteiger partial charge is 0.461 e. The maximum absolute atomic E-state index is 11.0. The van der Waals surface area contributed by atoms with Gasteiger partial charge in [-0.2, -0.15) is 0 Å². The van der Waals surface area contributed by atoms with Gasteiger partial charge in [-0.1, -0.05) is 0 Å². The quantitative estimate of drug-likeness (QED) is 0.370. The van der Waals surface area contributed by atoms with Gasteiger partial charge >= 0.3 is 5.97 Å². The first kappa shape index (κ1) is 12.8. The maximum Gasteiger partial charge on any atom is 0.330 e. The van der Waals surface area contributed by atoms with E-state index < -0.39 is 5.97 Å². The van der Waals surface area contributed by atoms with Crippen LogP contribution in [0.3, 0.4) is 0 Å². The number of nitrogens with zero attached hydrogens (tertiary/aromatic N) is 1. The second kappa shape index (κ2) is 5.54. The van der Waals surface area contributed by atoms with Crippen LogP contribution in [0.1, 0.15) is 13.8 Å². The molecular formula is C10H17NO3. The van der Waals surface area contributed by atoms with Crippen LogP contribution in [0.5, 0.6) is 0 Å². The Morgan fingerprint density at radius 1 is 1.43 bits per heavy atom. The fourth-order valence-electron chi connectivity index (χ4n) is 0.543. The van der Waals surface area contributed by atoms with Crippen molar-refractivity contribution < 1.29 is 14.3 Å². The van der Waals surface area contributed by atoms with Gasteiger partial charge in [-0.3, -0.25) is 4.79 Å². The molecule has 0 heterocycles. The van der Waals surface area contributed by atoms with E-state index >= 15 is 0 Å². The van der Waals surface area contributed by atoms with Crippen LogP contribution >= 0.6 is 0 Å². The zero-order valence-electron chi connectivity index (χ0n) is 9.11. The molecule has 0 radical (unpaired) electrons. The van der Waals surface area contributed by atoms with Gasteiger partial charge < -0.3 is 9.64 Å². The van der Waals surface area contributed by atoms with E-state index in [1.807, 2.05) is 32.8 Å². The lowest BCUT2D eigenvalue weighted by Gasteiger charge is -2.31. The molecule has 0 aromatic carbocycles. The average molecular weight is 199 g/mol. The number of esters is 1. The van der Waals surface area contributed by atoms with E-state index in [1.165, 1.54) is 0 Å². The van der Waals surface area contributed by atoms with E-state index in [0.29, 0.717) is 12.9 Å². The molecule has 0 N–H and O–H groups in total. The summed E-state index contributed by atoms with van der Waals surface area (Å²) >= 11 is 0. The number of rotatable bonds is 5. The molecular weight excluding hydrogens is 182 g/mol. The summed E-state index contributed by atoms with van der Waals surface area (Å²) in [6.07, 6.45) is 2.77. The van der Waals surface area contributed by atoms with Gasteiger partial charge in [0.05, 0.1) is 0 Å². The number of allylic oxidation sites excluding steroid dienone is 1. The molecule has 0 saturated carbocycles. The van der Waals surface area contributed by atoms with Gasteiger partial charge in [-0.05, 0) is 34.0 Å². The summed E-state index contributed by atoms with van der Waals surface area (Å²) in [5.41, 5.74) is -0.204. The lowest BCUT2D eigenvalue weighted by molar-refractivity contribution is -0.141. The van der Waals surface area contributed by atoms with Gasteiger partial charge in [0.15, 0.2) is 0 Å². The summed E-state index contributed by atoms with van der Waals surface area (Å²) < 4.78 is 4.94. The van der Waals surface area contributed by atoms with Crippen molar-refractivity contribution >= 4 is 12.3 Å². The van der Waals surface area contributed by atoms with Gasteiger partial charge in [-0.15, -0.1) is 0 Å². The fourth-order valence-corrected chi connectivity index (χ4v) is 0.543. The number of carbonyl (C=O) groups excluding carboxylic acids is 2. The third kappa shape index (κ3) is 4.77. The molecule has 80 valence electrons. The molecule has 0 rings (SSSR count). The number of ether oxygens (including phenoxy) is 1. The molecule has 0 bridgehead atoms. The molecule has 0 aliphatic carbocycles. The van der Waals surface area contributed by atoms with E-state index in [0.717, 1.165) is 12.2 Å². The molecule has 0 aliphatic heterocycles. The molecule has 14 heavy (non-hydrogen) atoms. The monoisotopic (exact) mass is 199 g/mol. The summed E-state index contributed by atoms with van der Waals surface area (Å²) in [7, 11) is 3.82. The van der Waals surface area contributed by atoms with Gasteiger partial charge in [0.2, 0.25) is 0 Å². The number of hydrogen-bond donors (Lipinski definition) is 0. The number of hydrogen-bond acceptors (Lipinski definition) is 4. The highest BCUT2D eigenvalue weighted by molar-refractivity contribution is 5.86. The Labute approximate surface area is 84.5 Å². The molecule has 0 unspecified atom stereocenters. The van der Waals surface area contributed by atoms with Gasteiger partial charge in [-0.25, -0.2) is 4.79 Å². The van der Waals surface area contributed by atoms with E-state index in [1.54, 1.807) is 0 Å². The van der Waals surface area contributed by atoms with Crippen molar-refractivity contribution in [2.75, 3.05) is 20.7 Å². The minimum Gasteiger partial charge on any atom is -0.461 e. The predicted molar refractivity (Wildman–Crippen MR) is 53.9 cm³/mol. The molecule has 0 amide bonds. The Kier molecular flexibility index (Phi) is 5.09. The molecule has 0 spiro atoms. The lowest BCUT2D eigenvalue weighted by atomic mass is 10.1. The van der Waals surface area contributed by atoms with Crippen LogP contribution in [-0.4, -0.2) is 43.4 Å². The van der Waals surface area contributed by atoms with Crippen LogP contribution in [0.4, 0.5) is 0 Å². The summed E-state index contributed by atoms with van der Waals surface area (Å²) in [5.74, 6) is -0.493. The Morgan fingerprint density at radius 3 is 2.43 bits per heavy atom. The third-order valence-electron chi connectivity index (χ3n) is 2.09. The minimum absolute atomic E-state index is 0.204. The summed E-state index contributed by atoms with van der Waals surface area (Å²) in [4.78, 5) is 22.9. The second-order valence-electron chi connectivity index (χ2n) is 3.81. The zero-order valence-corrected chi connectivity index (χ0v) is 9.11. The topological polar surface area (TPSA) is 46.6 Å². The molecule has 4 nitrogen and oxygen atoms in total. The van der Waals surface area contributed by atoms with E-state index in [-0.39, 0.29) is 5.54 Å². The van der Waals surface area contributed by atoms with E-state index in [2.05, 4.69) is 0 Å². The first-order valence-electron chi connectivity index (χ1n) is 4.36. The third-order valence-corrected chi connectivity index (χ3v) is 2.09. The van der Waals surface area contributed by atoms with Crippen LogP contribution in [0.25, 0.3) is 0 Å². The second-order valence-corrected chi connectivity index (χ2v) is 3.81. The fraction of sp³-hybridized carbons (Fsp3) is 0.600. The van der Waals surface area contributed by atoms with Crippen molar-refractivity contribution in [3.63, 3.8) is 0 Å². The van der Waals surface area contributed by atoms with Crippen molar-refractivity contribution in [3.05, 3.63) is 12.2 Å². The first-order valence-corrected chi connectivity index (χ1v) is 4.36. The highest BCUT2D eigenvalue weighted by atomic mass is 16.5. The van der Waals surface area contributed by atoms with Crippen molar-refractivity contribution in [3.8, 4) is 0 Å². The Hall–Kier alpha value is -1.16. The normalized spacial score (nSPS) is 12.1. The molecule has 0 atom stereocenters.